The second-order valence-corrected chi connectivity index (χ2v) is 10.5. The quantitative estimate of drug-likeness (QED) is 0.603. The molecular weight excluding hydrogens is 426 g/mol. The van der Waals surface area contributed by atoms with Gasteiger partial charge >= 0.3 is 0 Å². The van der Waals surface area contributed by atoms with Crippen LogP contribution in [0.25, 0.3) is 0 Å². The lowest BCUT2D eigenvalue weighted by molar-refractivity contribution is 0.0963. The summed E-state index contributed by atoms with van der Waals surface area (Å²) < 4.78 is 12.4. The summed E-state index contributed by atoms with van der Waals surface area (Å²) >= 11 is 0. The molecular formula is C28H35N3O3. The fraction of sp³-hybridized carbons (Fsp3) is 0.464. The van der Waals surface area contributed by atoms with Crippen molar-refractivity contribution in [3.63, 3.8) is 0 Å². The summed E-state index contributed by atoms with van der Waals surface area (Å²) in [4.78, 5) is 22.4. The topological polar surface area (TPSA) is 72.3 Å². The molecule has 0 unspecified atom stereocenters. The number of rotatable bonds is 5. The fourth-order valence-corrected chi connectivity index (χ4v) is 4.88. The molecule has 6 heteroatoms. The Kier molecular flexibility index (Phi) is 6.05. The molecule has 0 aliphatic carbocycles. The van der Waals surface area contributed by atoms with Crippen LogP contribution in [0.4, 0.5) is 5.69 Å². The molecule has 2 aliphatic rings. The molecule has 0 spiro atoms. The first kappa shape index (κ1) is 24.0. The number of benzene rings is 2. The van der Waals surface area contributed by atoms with E-state index in [9.17, 15) is 4.79 Å². The predicted octanol–water partition coefficient (Wildman–Crippen LogP) is 5.44. The molecule has 2 aromatic carbocycles. The molecule has 2 heterocycles. The maximum atomic E-state index is 12.5. The lowest BCUT2D eigenvalue weighted by Crippen LogP contribution is -2.30. The van der Waals surface area contributed by atoms with E-state index in [2.05, 4.69) is 44.1 Å². The molecule has 0 atom stereocenters. The van der Waals surface area contributed by atoms with Crippen molar-refractivity contribution in [2.45, 2.75) is 72.4 Å². The number of amides is 1. The lowest BCUT2D eigenvalue weighted by atomic mass is 9.80. The van der Waals surface area contributed by atoms with Crippen molar-refractivity contribution in [1.82, 2.24) is 5.32 Å². The van der Waals surface area contributed by atoms with Gasteiger partial charge in [0.15, 0.2) is 11.5 Å². The highest BCUT2D eigenvalue weighted by Gasteiger charge is 2.39. The van der Waals surface area contributed by atoms with Crippen molar-refractivity contribution >= 4 is 23.0 Å². The molecule has 34 heavy (non-hydrogen) atoms. The Bertz CT molecular complexity index is 1220. The highest BCUT2D eigenvalue weighted by Crippen LogP contribution is 2.48. The summed E-state index contributed by atoms with van der Waals surface area (Å²) in [6, 6.07) is 7.92. The number of nitrogens with zero attached hydrogens (tertiary/aromatic N) is 2. The van der Waals surface area contributed by atoms with Gasteiger partial charge in [-0.2, -0.15) is 0 Å². The van der Waals surface area contributed by atoms with E-state index in [1.54, 1.807) is 7.05 Å². The van der Waals surface area contributed by atoms with Gasteiger partial charge < -0.3 is 14.8 Å². The molecule has 4 rings (SSSR count). The monoisotopic (exact) mass is 461 g/mol. The number of nitrogens with one attached hydrogen (secondary N) is 1. The molecule has 2 aromatic rings. The highest BCUT2D eigenvalue weighted by atomic mass is 16.5. The summed E-state index contributed by atoms with van der Waals surface area (Å²) in [6.07, 6.45) is 1.59. The zero-order valence-electron chi connectivity index (χ0n) is 21.5. The van der Waals surface area contributed by atoms with Gasteiger partial charge in [-0.15, -0.1) is 0 Å². The molecule has 0 radical (unpaired) electrons. The van der Waals surface area contributed by atoms with E-state index in [4.69, 9.17) is 14.5 Å². The van der Waals surface area contributed by atoms with Gasteiger partial charge in [0.1, 0.15) is 5.60 Å². The average molecular weight is 462 g/mol. The van der Waals surface area contributed by atoms with Crippen LogP contribution >= 0.6 is 0 Å². The Balaban J connectivity index is 1.96. The molecule has 1 N–H and O–H groups in total. The van der Waals surface area contributed by atoms with Crippen LogP contribution in [-0.2, 0) is 12.8 Å². The third-order valence-corrected chi connectivity index (χ3v) is 6.07. The van der Waals surface area contributed by atoms with Gasteiger partial charge in [0.2, 0.25) is 0 Å². The van der Waals surface area contributed by atoms with Crippen LogP contribution in [0, 0.1) is 0 Å². The number of hydrogen-bond acceptors (Lipinski definition) is 5. The fourth-order valence-electron chi connectivity index (χ4n) is 4.88. The zero-order chi connectivity index (χ0) is 24.8. The Morgan fingerprint density at radius 1 is 1.18 bits per heavy atom. The van der Waals surface area contributed by atoms with Crippen LogP contribution in [0.15, 0.2) is 34.3 Å². The number of carbonyl (C=O) groups excluding carboxylic acids is 1. The number of aliphatic imine (C=N–C) groups is 2. The van der Waals surface area contributed by atoms with Crippen LogP contribution < -0.4 is 14.8 Å². The van der Waals surface area contributed by atoms with Gasteiger partial charge in [-0.05, 0) is 78.6 Å². The van der Waals surface area contributed by atoms with Crippen LogP contribution in [0.2, 0.25) is 0 Å². The van der Waals surface area contributed by atoms with E-state index < -0.39 is 0 Å². The number of fused-ring (bicyclic) bond motifs is 3. The Hall–Kier alpha value is -3.15. The maximum absolute atomic E-state index is 12.5. The molecule has 6 nitrogen and oxygen atoms in total. The average Bonchev–Trinajstić information content (AvgIpc) is 3.06. The summed E-state index contributed by atoms with van der Waals surface area (Å²) in [6.45, 7) is 14.9. The summed E-state index contributed by atoms with van der Waals surface area (Å²) in [5.41, 5.74) is 6.81. The minimum Gasteiger partial charge on any atom is -0.490 e. The van der Waals surface area contributed by atoms with Crippen LogP contribution in [0.3, 0.4) is 0 Å². The van der Waals surface area contributed by atoms with E-state index in [0.29, 0.717) is 17.9 Å². The maximum Gasteiger partial charge on any atom is 0.253 e. The molecule has 0 aromatic heterocycles. The Labute approximate surface area is 202 Å². The SMILES string of the molecule is CCOc1cc2c(c3c1OC(C)(C)C3)C(c1ccc(C(=O)NC)c(N=C(C)C)c1)=NC(C)(C)C2. The van der Waals surface area contributed by atoms with Crippen molar-refractivity contribution in [3.05, 3.63) is 52.1 Å². The van der Waals surface area contributed by atoms with E-state index in [-0.39, 0.29) is 17.0 Å². The highest BCUT2D eigenvalue weighted by molar-refractivity contribution is 6.17. The van der Waals surface area contributed by atoms with Gasteiger partial charge in [-0.3, -0.25) is 14.8 Å². The summed E-state index contributed by atoms with van der Waals surface area (Å²) in [5, 5.41) is 2.71. The Morgan fingerprint density at radius 3 is 2.56 bits per heavy atom. The lowest BCUT2D eigenvalue weighted by Gasteiger charge is -2.31. The van der Waals surface area contributed by atoms with Crippen LogP contribution in [0.5, 0.6) is 11.5 Å². The van der Waals surface area contributed by atoms with Crippen molar-refractivity contribution in [2.24, 2.45) is 9.98 Å². The van der Waals surface area contributed by atoms with Crippen molar-refractivity contribution in [3.8, 4) is 11.5 Å². The second-order valence-electron chi connectivity index (χ2n) is 10.5. The molecule has 0 fully saturated rings. The number of hydrogen-bond donors (Lipinski definition) is 1. The van der Waals surface area contributed by atoms with Gasteiger partial charge in [-0.25, -0.2) is 0 Å². The molecule has 180 valence electrons. The zero-order valence-corrected chi connectivity index (χ0v) is 21.5. The van der Waals surface area contributed by atoms with Crippen molar-refractivity contribution < 1.29 is 14.3 Å². The predicted molar refractivity (Wildman–Crippen MR) is 138 cm³/mol. The first-order chi connectivity index (χ1) is 15.9. The molecule has 0 saturated carbocycles. The van der Waals surface area contributed by atoms with Gasteiger partial charge in [-0.1, -0.05) is 6.07 Å². The number of ether oxygens (including phenoxy) is 2. The molecule has 0 saturated heterocycles. The summed E-state index contributed by atoms with van der Waals surface area (Å²) in [5.74, 6) is 1.47. The van der Waals surface area contributed by atoms with E-state index in [1.165, 1.54) is 5.56 Å². The van der Waals surface area contributed by atoms with Crippen molar-refractivity contribution in [1.29, 1.82) is 0 Å². The first-order valence-corrected chi connectivity index (χ1v) is 11.9. The van der Waals surface area contributed by atoms with Gasteiger partial charge in [0.25, 0.3) is 5.91 Å². The minimum atomic E-state index is -0.320. The summed E-state index contributed by atoms with van der Waals surface area (Å²) in [7, 11) is 1.63. The first-order valence-electron chi connectivity index (χ1n) is 11.9. The molecule has 1 amide bonds. The Morgan fingerprint density at radius 2 is 1.91 bits per heavy atom. The third-order valence-electron chi connectivity index (χ3n) is 6.07. The number of carbonyl (C=O) groups is 1. The van der Waals surface area contributed by atoms with Crippen LogP contribution in [-0.4, -0.2) is 42.1 Å². The molecule has 0 bridgehead atoms. The standard InChI is InChI=1S/C28H35N3O3/c1-9-33-22-13-18-14-27(4,5)31-24(23(18)20-15-28(6,7)34-25(20)22)17-10-11-19(26(32)29-8)21(12-17)30-16(2)3/h10-13H,9,14-15H2,1-8H3,(H,29,32). The van der Waals surface area contributed by atoms with Crippen molar-refractivity contribution in [2.75, 3.05) is 13.7 Å². The second kappa shape index (κ2) is 8.57. The van der Waals surface area contributed by atoms with E-state index in [0.717, 1.165) is 52.5 Å². The molecule has 2 aliphatic heterocycles. The third kappa shape index (κ3) is 4.46. The van der Waals surface area contributed by atoms with E-state index in [1.807, 2.05) is 39.0 Å². The smallest absolute Gasteiger partial charge is 0.253 e. The normalized spacial score (nSPS) is 17.1. The largest absolute Gasteiger partial charge is 0.490 e. The van der Waals surface area contributed by atoms with Gasteiger partial charge in [0, 0.05) is 35.9 Å². The van der Waals surface area contributed by atoms with E-state index >= 15 is 0 Å². The van der Waals surface area contributed by atoms with Gasteiger partial charge in [0.05, 0.1) is 29.1 Å². The van der Waals surface area contributed by atoms with Crippen LogP contribution in [0.1, 0.15) is 81.1 Å². The minimum absolute atomic E-state index is 0.157.